The summed E-state index contributed by atoms with van der Waals surface area (Å²) in [5.74, 6) is 0. The molecule has 0 spiro atoms. The maximum absolute atomic E-state index is 4.30. The van der Waals surface area contributed by atoms with Crippen LogP contribution in [0.2, 0.25) is 0 Å². The molecule has 2 heterocycles. The van der Waals surface area contributed by atoms with E-state index in [1.165, 1.54) is 80.7 Å². The summed E-state index contributed by atoms with van der Waals surface area (Å²) in [4.78, 5) is 5.39. The summed E-state index contributed by atoms with van der Waals surface area (Å²) in [6.07, 6.45) is 15.1. The second-order valence-electron chi connectivity index (χ2n) is 12.5. The van der Waals surface area contributed by atoms with Gasteiger partial charge >= 0.3 is 0 Å². The second kappa shape index (κ2) is 9.41. The van der Waals surface area contributed by atoms with Gasteiger partial charge in [-0.3, -0.25) is 0 Å². The second-order valence-corrected chi connectivity index (χ2v) is 14.7. The van der Waals surface area contributed by atoms with Gasteiger partial charge in [0.2, 0.25) is 0 Å². The topological polar surface area (TPSA) is 4.93 Å². The predicted molar refractivity (Wildman–Crippen MR) is 189 cm³/mol. The van der Waals surface area contributed by atoms with Crippen LogP contribution in [0.3, 0.4) is 0 Å². The molecule has 1 nitrogen and oxygen atoms in total. The third-order valence-corrected chi connectivity index (χ3v) is 12.4. The molecule has 0 unspecified atom stereocenters. The van der Waals surface area contributed by atoms with Gasteiger partial charge in [0.15, 0.2) is 0 Å². The molecule has 4 aliphatic rings. The standard InChI is InChI=1S/C41H31NS2/c1-5-25-31-20-32-28(29-22-39-40(23-33(29)41(32,3)4)44-38-18-11-10-17-37(38)43-39)21-36(31)42(34(25)6-2)35-16-12-15-27-26-14-9-7-8-13-24(26)19-30(27)35/h5-6,8-18,20-23H,1-2,7,19H2,3-4H3. The molecule has 0 bridgehead atoms. The summed E-state index contributed by atoms with van der Waals surface area (Å²) < 4.78 is 2.45. The Kier molecular flexibility index (Phi) is 5.61. The van der Waals surface area contributed by atoms with Gasteiger partial charge in [-0.05, 0) is 99.5 Å². The Bertz CT molecular complexity index is 2230. The quantitative estimate of drug-likeness (QED) is 0.199. The van der Waals surface area contributed by atoms with Crippen molar-refractivity contribution in [3.63, 3.8) is 0 Å². The average Bonchev–Trinajstić information content (AvgIpc) is 3.54. The van der Waals surface area contributed by atoms with Crippen molar-refractivity contribution < 1.29 is 0 Å². The monoisotopic (exact) mass is 601 g/mol. The highest BCUT2D eigenvalue weighted by Gasteiger charge is 2.38. The van der Waals surface area contributed by atoms with Crippen molar-refractivity contribution in [2.75, 3.05) is 0 Å². The minimum atomic E-state index is -0.112. The van der Waals surface area contributed by atoms with E-state index in [4.69, 9.17) is 0 Å². The zero-order valence-corrected chi connectivity index (χ0v) is 26.5. The number of benzene rings is 4. The molecule has 0 saturated heterocycles. The van der Waals surface area contributed by atoms with Gasteiger partial charge in [0.05, 0.1) is 16.9 Å². The van der Waals surface area contributed by atoms with E-state index in [2.05, 4.69) is 123 Å². The molecule has 0 fully saturated rings. The van der Waals surface area contributed by atoms with E-state index in [1.54, 1.807) is 0 Å². The van der Waals surface area contributed by atoms with Crippen LogP contribution in [0.1, 0.15) is 53.8 Å². The number of rotatable bonds is 3. The molecule has 4 aromatic carbocycles. The first-order chi connectivity index (χ1) is 21.5. The summed E-state index contributed by atoms with van der Waals surface area (Å²) in [5.41, 5.74) is 15.5. The fourth-order valence-corrected chi connectivity index (χ4v) is 10.0. The van der Waals surface area contributed by atoms with Crippen molar-refractivity contribution in [3.05, 3.63) is 143 Å². The predicted octanol–water partition coefficient (Wildman–Crippen LogP) is 11.7. The van der Waals surface area contributed by atoms with Crippen LogP contribution < -0.4 is 0 Å². The van der Waals surface area contributed by atoms with Gasteiger partial charge in [-0.2, -0.15) is 0 Å². The van der Waals surface area contributed by atoms with Gasteiger partial charge in [-0.1, -0.05) is 105 Å². The first kappa shape index (κ1) is 26.2. The molecule has 0 saturated carbocycles. The molecule has 3 aliphatic carbocycles. The van der Waals surface area contributed by atoms with E-state index in [9.17, 15) is 0 Å². The maximum Gasteiger partial charge on any atom is 0.0547 e. The van der Waals surface area contributed by atoms with Crippen molar-refractivity contribution in [1.82, 2.24) is 4.57 Å². The normalized spacial score (nSPS) is 16.6. The molecule has 0 radical (unpaired) electrons. The minimum absolute atomic E-state index is 0.112. The van der Waals surface area contributed by atoms with Gasteiger partial charge in [-0.15, -0.1) is 0 Å². The lowest BCUT2D eigenvalue weighted by molar-refractivity contribution is 0.658. The van der Waals surface area contributed by atoms with Crippen LogP contribution in [0.25, 0.3) is 45.4 Å². The van der Waals surface area contributed by atoms with Crippen LogP contribution in [0.4, 0.5) is 0 Å². The fourth-order valence-electron chi connectivity index (χ4n) is 7.75. The number of aromatic nitrogens is 1. The molecular weight excluding hydrogens is 571 g/mol. The first-order valence-electron chi connectivity index (χ1n) is 15.3. The SMILES string of the molecule is C=Cc1c(C=C)n(-c2cccc3c2CC2=C3C=CCC=C2)c2cc3c(cc12)C(C)(C)c1cc2c(cc1-3)Sc1ccccc1S2. The van der Waals surface area contributed by atoms with E-state index in [-0.39, 0.29) is 5.41 Å². The van der Waals surface area contributed by atoms with E-state index < -0.39 is 0 Å². The zero-order chi connectivity index (χ0) is 29.7. The van der Waals surface area contributed by atoms with Crippen LogP contribution in [0.5, 0.6) is 0 Å². The molecule has 0 amide bonds. The van der Waals surface area contributed by atoms with Crippen molar-refractivity contribution in [3.8, 4) is 16.8 Å². The number of hydrogen-bond acceptors (Lipinski definition) is 2. The summed E-state index contributed by atoms with van der Waals surface area (Å²) >= 11 is 3.80. The van der Waals surface area contributed by atoms with E-state index in [0.717, 1.165) is 24.1 Å². The molecule has 1 aromatic heterocycles. The van der Waals surface area contributed by atoms with Gasteiger partial charge in [0.25, 0.3) is 0 Å². The molecule has 0 N–H and O–H groups in total. The van der Waals surface area contributed by atoms with Gasteiger partial charge < -0.3 is 4.57 Å². The Morgan fingerprint density at radius 2 is 1.48 bits per heavy atom. The molecule has 9 rings (SSSR count). The molecule has 1 aliphatic heterocycles. The summed E-state index contributed by atoms with van der Waals surface area (Å²) in [7, 11) is 0. The van der Waals surface area contributed by atoms with Crippen LogP contribution in [-0.4, -0.2) is 4.57 Å². The van der Waals surface area contributed by atoms with Crippen LogP contribution in [0, 0.1) is 0 Å². The van der Waals surface area contributed by atoms with Gasteiger partial charge in [-0.25, -0.2) is 0 Å². The lowest BCUT2D eigenvalue weighted by Crippen LogP contribution is -2.15. The smallest absolute Gasteiger partial charge is 0.0547 e. The molecular formula is C41H31NS2. The van der Waals surface area contributed by atoms with Crippen LogP contribution in [-0.2, 0) is 11.8 Å². The molecule has 44 heavy (non-hydrogen) atoms. The average molecular weight is 602 g/mol. The highest BCUT2D eigenvalue weighted by Crippen LogP contribution is 2.56. The Morgan fingerprint density at radius 3 is 2.25 bits per heavy atom. The van der Waals surface area contributed by atoms with Crippen LogP contribution >= 0.6 is 23.5 Å². The number of allylic oxidation sites excluding steroid dienone is 6. The third-order valence-electron chi connectivity index (χ3n) is 9.86. The molecule has 212 valence electrons. The zero-order valence-electron chi connectivity index (χ0n) is 24.9. The first-order valence-corrected chi connectivity index (χ1v) is 16.9. The van der Waals surface area contributed by atoms with Crippen molar-refractivity contribution in [2.45, 2.75) is 51.7 Å². The molecule has 0 atom stereocenters. The largest absolute Gasteiger partial charge is 0.309 e. The van der Waals surface area contributed by atoms with Gasteiger partial charge in [0, 0.05) is 42.4 Å². The number of hydrogen-bond donors (Lipinski definition) is 0. The lowest BCUT2D eigenvalue weighted by Gasteiger charge is -2.24. The third kappa shape index (κ3) is 3.51. The maximum atomic E-state index is 4.30. The molecule has 3 heteroatoms. The number of fused-ring (bicyclic) bond motifs is 8. The summed E-state index contributed by atoms with van der Waals surface area (Å²) in [5, 5.41) is 1.24. The van der Waals surface area contributed by atoms with Crippen LogP contribution in [0.15, 0.2) is 129 Å². The lowest BCUT2D eigenvalue weighted by atomic mass is 9.82. The Hall–Kier alpha value is -4.18. The fraction of sp³-hybridized carbons (Fsp3) is 0.122. The number of nitrogens with zero attached hydrogens (tertiary/aromatic N) is 1. The van der Waals surface area contributed by atoms with Crippen molar-refractivity contribution in [1.29, 1.82) is 0 Å². The summed E-state index contributed by atoms with van der Waals surface area (Å²) in [6.45, 7) is 13.4. The van der Waals surface area contributed by atoms with Crippen molar-refractivity contribution in [2.24, 2.45) is 0 Å². The van der Waals surface area contributed by atoms with Crippen molar-refractivity contribution >= 4 is 52.2 Å². The summed E-state index contributed by atoms with van der Waals surface area (Å²) in [6, 6.07) is 25.3. The Balaban J connectivity index is 1.28. The van der Waals surface area contributed by atoms with E-state index in [0.29, 0.717) is 0 Å². The van der Waals surface area contributed by atoms with E-state index >= 15 is 0 Å². The Morgan fingerprint density at radius 1 is 0.750 bits per heavy atom. The Labute approximate surface area is 267 Å². The highest BCUT2D eigenvalue weighted by molar-refractivity contribution is 8.05. The molecule has 5 aromatic rings. The minimum Gasteiger partial charge on any atom is -0.309 e. The highest BCUT2D eigenvalue weighted by atomic mass is 32.2. The van der Waals surface area contributed by atoms with E-state index in [1.807, 2.05) is 35.7 Å². The van der Waals surface area contributed by atoms with Gasteiger partial charge in [0.1, 0.15) is 0 Å².